The van der Waals surface area contributed by atoms with E-state index >= 15 is 0 Å². The second-order valence-electron chi connectivity index (χ2n) is 4.44. The van der Waals surface area contributed by atoms with Crippen LogP contribution in [-0.2, 0) is 9.47 Å². The topological polar surface area (TPSA) is 99.4 Å². The molecule has 1 heterocycles. The number of rotatable bonds is 5. The molecule has 106 valence electrons. The van der Waals surface area contributed by atoms with Gasteiger partial charge >= 0.3 is 0 Å². The average molecular weight is 270 g/mol. The Morgan fingerprint density at radius 3 is 1.79 bits per heavy atom. The van der Waals surface area contributed by atoms with Gasteiger partial charge in [-0.25, -0.2) is 0 Å². The Bertz CT molecular complexity index is 366. The lowest BCUT2D eigenvalue weighted by atomic mass is 10.0. The van der Waals surface area contributed by atoms with E-state index in [0.29, 0.717) is 0 Å². The van der Waals surface area contributed by atoms with Crippen LogP contribution in [0.5, 0.6) is 0 Å². The highest BCUT2D eigenvalue weighted by atomic mass is 16.7. The molecule has 1 aromatic rings. The molecular weight excluding hydrogens is 252 g/mol. The van der Waals surface area contributed by atoms with E-state index in [4.69, 9.17) is 19.7 Å². The Balaban J connectivity index is 2.15. The summed E-state index contributed by atoms with van der Waals surface area (Å²) in [5.41, 5.74) is 0.741. The van der Waals surface area contributed by atoms with Crippen molar-refractivity contribution in [2.45, 2.75) is 30.7 Å². The molecule has 4 atom stereocenters. The molecule has 0 radical (unpaired) electrons. The van der Waals surface area contributed by atoms with Crippen molar-refractivity contribution in [1.29, 1.82) is 0 Å². The second kappa shape index (κ2) is 6.42. The summed E-state index contributed by atoms with van der Waals surface area (Å²) in [6.07, 6.45) is -4.88. The maximum absolute atomic E-state index is 9.69. The van der Waals surface area contributed by atoms with E-state index in [1.807, 2.05) is 18.2 Å². The molecule has 0 spiro atoms. The van der Waals surface area contributed by atoms with E-state index in [0.717, 1.165) is 5.56 Å². The van der Waals surface area contributed by atoms with Gasteiger partial charge in [0, 0.05) is 5.56 Å². The number of aliphatic hydroxyl groups excluding tert-OH is 4. The zero-order chi connectivity index (χ0) is 13.8. The van der Waals surface area contributed by atoms with Crippen LogP contribution in [0.1, 0.15) is 11.9 Å². The van der Waals surface area contributed by atoms with Gasteiger partial charge in [-0.1, -0.05) is 30.3 Å². The van der Waals surface area contributed by atoms with Crippen LogP contribution in [0.3, 0.4) is 0 Å². The molecule has 4 N–H and O–H groups in total. The zero-order valence-corrected chi connectivity index (χ0v) is 10.3. The smallest absolute Gasteiger partial charge is 0.184 e. The molecular formula is C13H18O6. The third-order valence-electron chi connectivity index (χ3n) is 3.09. The van der Waals surface area contributed by atoms with Gasteiger partial charge in [-0.2, -0.15) is 0 Å². The van der Waals surface area contributed by atoms with Crippen molar-refractivity contribution in [3.05, 3.63) is 35.9 Å². The van der Waals surface area contributed by atoms with E-state index in [-0.39, 0.29) is 0 Å². The van der Waals surface area contributed by atoms with E-state index in [1.165, 1.54) is 0 Å². The number of ether oxygens (including phenoxy) is 2. The van der Waals surface area contributed by atoms with Gasteiger partial charge in [0.2, 0.25) is 0 Å². The Labute approximate surface area is 110 Å². The molecule has 0 aromatic heterocycles. The minimum Gasteiger partial charge on any atom is -0.394 e. The van der Waals surface area contributed by atoms with Crippen molar-refractivity contribution in [3.8, 4) is 0 Å². The first-order valence-corrected chi connectivity index (χ1v) is 6.11. The van der Waals surface area contributed by atoms with E-state index in [2.05, 4.69) is 0 Å². The standard InChI is InChI=1S/C13H18O6/c14-6-9(16)11-12(10(17)7-15)19-13(18-11)8-4-2-1-3-5-8/h1-5,9-17H,6-7H2/t9-,10-,11-,12-/m1/s1. The molecule has 1 aliphatic heterocycles. The molecule has 6 nitrogen and oxygen atoms in total. The van der Waals surface area contributed by atoms with Crippen molar-refractivity contribution in [1.82, 2.24) is 0 Å². The van der Waals surface area contributed by atoms with Crippen LogP contribution in [0.15, 0.2) is 30.3 Å². The first-order chi connectivity index (χ1) is 9.17. The van der Waals surface area contributed by atoms with Crippen molar-refractivity contribution in [2.24, 2.45) is 0 Å². The van der Waals surface area contributed by atoms with Crippen molar-refractivity contribution in [3.63, 3.8) is 0 Å². The highest BCUT2D eigenvalue weighted by molar-refractivity contribution is 5.17. The van der Waals surface area contributed by atoms with Crippen molar-refractivity contribution in [2.75, 3.05) is 13.2 Å². The Kier molecular flexibility index (Phi) is 4.87. The summed E-state index contributed by atoms with van der Waals surface area (Å²) in [6, 6.07) is 9.06. The quantitative estimate of drug-likeness (QED) is 0.558. The van der Waals surface area contributed by atoms with Crippen LogP contribution in [0, 0.1) is 0 Å². The number of hydrogen-bond acceptors (Lipinski definition) is 6. The molecule has 0 amide bonds. The molecule has 1 aliphatic rings. The fourth-order valence-corrected chi connectivity index (χ4v) is 2.07. The van der Waals surface area contributed by atoms with Crippen LogP contribution < -0.4 is 0 Å². The maximum atomic E-state index is 9.69. The van der Waals surface area contributed by atoms with Crippen LogP contribution in [-0.4, -0.2) is 58.1 Å². The molecule has 1 saturated heterocycles. The molecule has 0 unspecified atom stereocenters. The van der Waals surface area contributed by atoms with Gasteiger partial charge < -0.3 is 29.9 Å². The summed E-state index contributed by atoms with van der Waals surface area (Å²) < 4.78 is 11.1. The summed E-state index contributed by atoms with van der Waals surface area (Å²) in [7, 11) is 0. The number of aliphatic hydroxyl groups is 4. The third kappa shape index (κ3) is 3.11. The van der Waals surface area contributed by atoms with Crippen LogP contribution in [0.4, 0.5) is 0 Å². The SMILES string of the molecule is OC[C@@H](O)[C@H]1OC(c2ccccc2)O[C@@H]1[C@H](O)CO. The summed E-state index contributed by atoms with van der Waals surface area (Å²) in [5, 5.41) is 37.4. The Morgan fingerprint density at radius 1 is 0.895 bits per heavy atom. The maximum Gasteiger partial charge on any atom is 0.184 e. The molecule has 0 bridgehead atoms. The monoisotopic (exact) mass is 270 g/mol. The molecule has 0 saturated carbocycles. The van der Waals surface area contributed by atoms with Gasteiger partial charge in [-0.15, -0.1) is 0 Å². The average Bonchev–Trinajstić information content (AvgIpc) is 2.91. The molecule has 6 heteroatoms. The molecule has 2 rings (SSSR count). The van der Waals surface area contributed by atoms with Gasteiger partial charge in [0.25, 0.3) is 0 Å². The first kappa shape index (κ1) is 14.4. The van der Waals surface area contributed by atoms with Gasteiger partial charge in [0.1, 0.15) is 24.4 Å². The van der Waals surface area contributed by atoms with Crippen LogP contribution >= 0.6 is 0 Å². The van der Waals surface area contributed by atoms with Gasteiger partial charge in [0.05, 0.1) is 13.2 Å². The fourth-order valence-electron chi connectivity index (χ4n) is 2.07. The first-order valence-electron chi connectivity index (χ1n) is 6.11. The molecule has 19 heavy (non-hydrogen) atoms. The van der Waals surface area contributed by atoms with Crippen molar-refractivity contribution < 1.29 is 29.9 Å². The molecule has 0 aliphatic carbocycles. The summed E-state index contributed by atoms with van der Waals surface area (Å²) >= 11 is 0. The summed E-state index contributed by atoms with van der Waals surface area (Å²) in [5.74, 6) is 0. The fraction of sp³-hybridized carbons (Fsp3) is 0.538. The predicted molar refractivity (Wildman–Crippen MR) is 65.1 cm³/mol. The number of benzene rings is 1. The molecule has 1 aromatic carbocycles. The van der Waals surface area contributed by atoms with Gasteiger partial charge in [-0.3, -0.25) is 0 Å². The lowest BCUT2D eigenvalue weighted by Crippen LogP contribution is -2.45. The molecule has 1 fully saturated rings. The van der Waals surface area contributed by atoms with Crippen LogP contribution in [0.2, 0.25) is 0 Å². The summed E-state index contributed by atoms with van der Waals surface area (Å²) in [6.45, 7) is -1.02. The highest BCUT2D eigenvalue weighted by Crippen LogP contribution is 2.34. The third-order valence-corrected chi connectivity index (χ3v) is 3.09. The summed E-state index contributed by atoms with van der Waals surface area (Å²) in [4.78, 5) is 0. The van der Waals surface area contributed by atoms with Gasteiger partial charge in [0.15, 0.2) is 6.29 Å². The van der Waals surface area contributed by atoms with Gasteiger partial charge in [-0.05, 0) is 0 Å². The Morgan fingerprint density at radius 2 is 1.37 bits per heavy atom. The van der Waals surface area contributed by atoms with Crippen LogP contribution in [0.25, 0.3) is 0 Å². The second-order valence-corrected chi connectivity index (χ2v) is 4.44. The lowest BCUT2D eigenvalue weighted by molar-refractivity contribution is -0.0957. The zero-order valence-electron chi connectivity index (χ0n) is 10.3. The van der Waals surface area contributed by atoms with Crippen molar-refractivity contribution >= 4 is 0 Å². The Hall–Kier alpha value is -1.02. The lowest BCUT2D eigenvalue weighted by Gasteiger charge is -2.23. The predicted octanol–water partition coefficient (Wildman–Crippen LogP) is -0.824. The van der Waals surface area contributed by atoms with E-state index in [1.54, 1.807) is 12.1 Å². The van der Waals surface area contributed by atoms with E-state index in [9.17, 15) is 10.2 Å². The van der Waals surface area contributed by atoms with E-state index < -0.39 is 43.9 Å². The minimum atomic E-state index is -1.18. The normalized spacial score (nSPS) is 30.2. The largest absolute Gasteiger partial charge is 0.394 e. The highest BCUT2D eigenvalue weighted by Gasteiger charge is 2.44. The minimum absolute atomic E-state index is 0.510. The number of hydrogen-bond donors (Lipinski definition) is 4.